The third-order valence-corrected chi connectivity index (χ3v) is 6.41. The van der Waals surface area contributed by atoms with E-state index in [-0.39, 0.29) is 0 Å². The lowest BCUT2D eigenvalue weighted by Gasteiger charge is -2.04. The van der Waals surface area contributed by atoms with E-state index in [4.69, 9.17) is 5.11 Å². The van der Waals surface area contributed by atoms with Gasteiger partial charge in [0.2, 0.25) is 0 Å². The van der Waals surface area contributed by atoms with Crippen molar-refractivity contribution in [3.05, 3.63) is 0 Å². The van der Waals surface area contributed by atoms with Crippen molar-refractivity contribution in [3.63, 3.8) is 0 Å². The molecule has 184 valence electrons. The minimum atomic E-state index is -0.677. The number of hydrogen-bond donors (Lipinski definition) is 1. The maximum atomic E-state index is 12.0. The Morgan fingerprint density at radius 2 is 0.677 bits per heavy atom. The fraction of sp³-hybridized carbons (Fsp3) is 0.929. The minimum absolute atomic E-state index is 0.313. The van der Waals surface area contributed by atoms with Crippen molar-refractivity contribution in [2.24, 2.45) is 0 Å². The molecule has 0 heterocycles. The van der Waals surface area contributed by atoms with Crippen LogP contribution in [0, 0.1) is 0 Å². The van der Waals surface area contributed by atoms with Gasteiger partial charge in [0, 0.05) is 19.3 Å². The fourth-order valence-corrected chi connectivity index (χ4v) is 4.30. The van der Waals surface area contributed by atoms with Crippen LogP contribution in [-0.2, 0) is 9.59 Å². The van der Waals surface area contributed by atoms with Crippen LogP contribution in [0.25, 0.3) is 0 Å². The maximum Gasteiger partial charge on any atom is 0.303 e. The average Bonchev–Trinajstić information content (AvgIpc) is 2.75. The summed E-state index contributed by atoms with van der Waals surface area (Å²) in [5.41, 5.74) is 0. The molecule has 0 unspecified atom stereocenters. The van der Waals surface area contributed by atoms with Gasteiger partial charge in [0.25, 0.3) is 0 Å². The largest absolute Gasteiger partial charge is 0.481 e. The second-order valence-electron chi connectivity index (χ2n) is 9.61. The van der Waals surface area contributed by atoms with Crippen molar-refractivity contribution in [1.29, 1.82) is 0 Å². The number of rotatable bonds is 26. The van der Waals surface area contributed by atoms with Gasteiger partial charge in [-0.2, -0.15) is 0 Å². The number of carboxylic acids is 1. The van der Waals surface area contributed by atoms with Crippen LogP contribution < -0.4 is 0 Å². The predicted molar refractivity (Wildman–Crippen MR) is 134 cm³/mol. The Morgan fingerprint density at radius 1 is 0.419 bits per heavy atom. The molecule has 0 aromatic carbocycles. The number of Topliss-reactive ketones (excluding diaryl/α,β-unsaturated/α-hetero) is 1. The zero-order valence-electron chi connectivity index (χ0n) is 20.9. The first kappa shape index (κ1) is 30.1. The lowest BCUT2D eigenvalue weighted by Crippen LogP contribution is -1.97. The second-order valence-corrected chi connectivity index (χ2v) is 9.61. The number of aliphatic carboxylic acids is 1. The van der Waals surface area contributed by atoms with Gasteiger partial charge in [-0.15, -0.1) is 0 Å². The monoisotopic (exact) mass is 438 g/mol. The third kappa shape index (κ3) is 27.1. The van der Waals surface area contributed by atoms with E-state index in [1.807, 2.05) is 0 Å². The number of hydrogen-bond acceptors (Lipinski definition) is 2. The Labute approximate surface area is 194 Å². The molecule has 3 nitrogen and oxygen atoms in total. The van der Waals surface area contributed by atoms with E-state index in [0.717, 1.165) is 44.9 Å². The molecule has 0 spiro atoms. The Kier molecular flexibility index (Phi) is 24.7. The van der Waals surface area contributed by atoms with Crippen molar-refractivity contribution in [2.75, 3.05) is 0 Å². The van der Waals surface area contributed by atoms with Crippen LogP contribution in [0.2, 0.25) is 0 Å². The molecular weight excluding hydrogens is 384 g/mol. The van der Waals surface area contributed by atoms with Crippen LogP contribution in [0.15, 0.2) is 0 Å². The average molecular weight is 439 g/mol. The van der Waals surface area contributed by atoms with Crippen LogP contribution in [0.4, 0.5) is 0 Å². The van der Waals surface area contributed by atoms with Gasteiger partial charge in [-0.25, -0.2) is 0 Å². The summed E-state index contributed by atoms with van der Waals surface area (Å²) < 4.78 is 0. The molecule has 0 amide bonds. The van der Waals surface area contributed by atoms with Crippen molar-refractivity contribution < 1.29 is 14.7 Å². The van der Waals surface area contributed by atoms with E-state index in [0.29, 0.717) is 12.2 Å². The normalized spacial score (nSPS) is 11.1. The molecule has 31 heavy (non-hydrogen) atoms. The molecule has 0 saturated carbocycles. The maximum absolute atomic E-state index is 12.0. The van der Waals surface area contributed by atoms with Crippen molar-refractivity contribution in [2.45, 2.75) is 167 Å². The number of unbranched alkanes of at least 4 members (excludes halogenated alkanes) is 20. The molecule has 0 bridgehead atoms. The molecule has 0 aliphatic rings. The molecule has 0 rings (SSSR count). The molecule has 0 aromatic heterocycles. The molecule has 0 aliphatic carbocycles. The molecule has 0 saturated heterocycles. The van der Waals surface area contributed by atoms with Crippen molar-refractivity contribution in [3.8, 4) is 0 Å². The summed E-state index contributed by atoms with van der Waals surface area (Å²) >= 11 is 0. The molecule has 0 aliphatic heterocycles. The Balaban J connectivity index is 3.16. The van der Waals surface area contributed by atoms with Gasteiger partial charge >= 0.3 is 5.97 Å². The Hall–Kier alpha value is -0.860. The van der Waals surface area contributed by atoms with Crippen LogP contribution in [0.5, 0.6) is 0 Å². The van der Waals surface area contributed by atoms with Gasteiger partial charge in [-0.3, -0.25) is 9.59 Å². The molecule has 0 aromatic rings. The van der Waals surface area contributed by atoms with E-state index in [1.54, 1.807) is 0 Å². The summed E-state index contributed by atoms with van der Waals surface area (Å²) in [4.78, 5) is 22.4. The lowest BCUT2D eigenvalue weighted by atomic mass is 10.0. The molecular formula is C28H54O3. The van der Waals surface area contributed by atoms with E-state index in [1.165, 1.54) is 109 Å². The van der Waals surface area contributed by atoms with Gasteiger partial charge in [0.05, 0.1) is 0 Å². The summed E-state index contributed by atoms with van der Waals surface area (Å²) in [5, 5.41) is 8.59. The van der Waals surface area contributed by atoms with Gasteiger partial charge < -0.3 is 5.11 Å². The second kappa shape index (κ2) is 25.4. The van der Waals surface area contributed by atoms with E-state index in [9.17, 15) is 9.59 Å². The number of carbonyl (C=O) groups is 2. The van der Waals surface area contributed by atoms with Crippen LogP contribution in [-0.4, -0.2) is 16.9 Å². The topological polar surface area (TPSA) is 54.4 Å². The molecule has 0 atom stereocenters. The standard InChI is InChI=1S/C28H54O3/c1-2-3-4-5-6-7-8-9-10-12-15-18-21-24-27(29)25-22-19-16-13-11-14-17-20-23-26-28(30)31/h2-26H2,1H3,(H,30,31). The summed E-state index contributed by atoms with van der Waals surface area (Å²) in [5.74, 6) is -0.204. The quantitative estimate of drug-likeness (QED) is 0.137. The van der Waals surface area contributed by atoms with E-state index >= 15 is 0 Å². The summed E-state index contributed by atoms with van der Waals surface area (Å²) in [6, 6.07) is 0. The fourth-order valence-electron chi connectivity index (χ4n) is 4.30. The highest BCUT2D eigenvalue weighted by molar-refractivity contribution is 5.78. The Bertz CT molecular complexity index is 392. The number of ketones is 1. The SMILES string of the molecule is CCCCCCCCCCCCCCCC(=O)CCCCCCCCCCCC(=O)O. The van der Waals surface area contributed by atoms with E-state index in [2.05, 4.69) is 6.92 Å². The first-order valence-electron chi connectivity index (χ1n) is 13.9. The number of carboxylic acid groups (broad SMARTS) is 1. The summed E-state index contributed by atoms with van der Waals surface area (Å²) in [6.07, 6.45) is 29.8. The smallest absolute Gasteiger partial charge is 0.303 e. The van der Waals surface area contributed by atoms with Gasteiger partial charge in [-0.05, 0) is 19.3 Å². The highest BCUT2D eigenvalue weighted by atomic mass is 16.4. The Morgan fingerprint density at radius 3 is 0.968 bits per heavy atom. The van der Waals surface area contributed by atoms with Crippen LogP contribution >= 0.6 is 0 Å². The van der Waals surface area contributed by atoms with Gasteiger partial charge in [-0.1, -0.05) is 129 Å². The van der Waals surface area contributed by atoms with Gasteiger partial charge in [0.15, 0.2) is 0 Å². The molecule has 0 radical (unpaired) electrons. The highest BCUT2D eigenvalue weighted by Gasteiger charge is 2.02. The lowest BCUT2D eigenvalue weighted by molar-refractivity contribution is -0.137. The molecule has 0 fully saturated rings. The minimum Gasteiger partial charge on any atom is -0.481 e. The zero-order valence-corrected chi connectivity index (χ0v) is 20.9. The van der Waals surface area contributed by atoms with Crippen LogP contribution in [0.1, 0.15) is 167 Å². The number of carbonyl (C=O) groups excluding carboxylic acids is 1. The van der Waals surface area contributed by atoms with Gasteiger partial charge in [0.1, 0.15) is 5.78 Å². The summed E-state index contributed by atoms with van der Waals surface area (Å²) in [6.45, 7) is 2.28. The van der Waals surface area contributed by atoms with Crippen molar-refractivity contribution in [1.82, 2.24) is 0 Å². The van der Waals surface area contributed by atoms with Crippen molar-refractivity contribution >= 4 is 11.8 Å². The zero-order chi connectivity index (χ0) is 22.8. The first-order chi connectivity index (χ1) is 15.2. The molecule has 3 heteroatoms. The first-order valence-corrected chi connectivity index (χ1v) is 13.9. The highest BCUT2D eigenvalue weighted by Crippen LogP contribution is 2.15. The molecule has 1 N–H and O–H groups in total. The predicted octanol–water partition coefficient (Wildman–Crippen LogP) is 9.41. The van der Waals surface area contributed by atoms with E-state index < -0.39 is 5.97 Å². The summed E-state index contributed by atoms with van der Waals surface area (Å²) in [7, 11) is 0. The third-order valence-electron chi connectivity index (χ3n) is 6.41. The van der Waals surface area contributed by atoms with Crippen LogP contribution in [0.3, 0.4) is 0 Å².